The zero-order valence-electron chi connectivity index (χ0n) is 27.5. The Kier molecular flexibility index (Phi) is 9.43. The maximum absolute atomic E-state index is 14.5. The molecule has 2 N–H and O–H groups in total. The van der Waals surface area contributed by atoms with Crippen molar-refractivity contribution in [2.24, 2.45) is 16.1 Å². The molecule has 1 saturated carbocycles. The van der Waals surface area contributed by atoms with Crippen LogP contribution in [0, 0.1) is 5.41 Å². The predicted octanol–water partition coefficient (Wildman–Crippen LogP) is 7.23. The summed E-state index contributed by atoms with van der Waals surface area (Å²) in [6.07, 6.45) is 6.73. The summed E-state index contributed by atoms with van der Waals surface area (Å²) < 4.78 is 34.7. The maximum atomic E-state index is 14.5. The summed E-state index contributed by atoms with van der Waals surface area (Å²) in [5.74, 6) is -3.57. The maximum Gasteiger partial charge on any atom is 0.410 e. The number of ether oxygens (including phenoxy) is 1. The Morgan fingerprint density at radius 1 is 1.10 bits per heavy atom. The summed E-state index contributed by atoms with van der Waals surface area (Å²) in [5.41, 5.74) is 10.2. The Bertz CT molecular complexity index is 1850. The fourth-order valence-electron chi connectivity index (χ4n) is 5.44. The monoisotopic (exact) mass is 689 g/mol. The van der Waals surface area contributed by atoms with Crippen molar-refractivity contribution in [2.75, 3.05) is 26.2 Å². The molecule has 0 radical (unpaired) electrons. The molecule has 13 heteroatoms. The molecule has 1 saturated heterocycles. The number of carbonyl (C=O) groups is 2. The van der Waals surface area contributed by atoms with E-state index in [4.69, 9.17) is 22.1 Å². The molecule has 1 atom stereocenters. The summed E-state index contributed by atoms with van der Waals surface area (Å²) in [5, 5.41) is 4.88. The van der Waals surface area contributed by atoms with Gasteiger partial charge < -0.3 is 10.5 Å². The standard InChI is InChI=1S/C36H38ClF2N7O3/c1-35(2,3)20-42-33(40)46(32(47)24-9-7-23(8-10-24)26-17-43-45(18-26)27-12-13-27)31(19-49-34(48)44-21-36(38,39)22-44)25-11-14-29(37)28(16-25)30-6-4-5-15-41-30/h4-11,14-18,27,31H,12-13,19-22H2,1-3H3,(H2,40,42)/t31-/m1/s1. The van der Waals surface area contributed by atoms with Crippen molar-refractivity contribution < 1.29 is 23.1 Å². The molecule has 3 heterocycles. The minimum atomic E-state index is -2.97. The van der Waals surface area contributed by atoms with E-state index in [0.29, 0.717) is 40.0 Å². The zero-order valence-corrected chi connectivity index (χ0v) is 28.3. The molecule has 2 aromatic heterocycles. The van der Waals surface area contributed by atoms with Crippen LogP contribution in [0.3, 0.4) is 0 Å². The molecule has 0 bridgehead atoms. The van der Waals surface area contributed by atoms with Gasteiger partial charge in [0, 0.05) is 40.7 Å². The van der Waals surface area contributed by atoms with Crippen molar-refractivity contribution in [3.8, 4) is 22.4 Å². The van der Waals surface area contributed by atoms with E-state index in [1.807, 2.05) is 49.8 Å². The number of pyridine rings is 1. The smallest absolute Gasteiger partial charge is 0.410 e. The number of aliphatic imine (C=N–C) groups is 1. The van der Waals surface area contributed by atoms with Crippen LogP contribution in [0.2, 0.25) is 5.02 Å². The van der Waals surface area contributed by atoms with Gasteiger partial charge in [-0.1, -0.05) is 56.6 Å². The molecule has 1 aliphatic carbocycles. The summed E-state index contributed by atoms with van der Waals surface area (Å²) in [7, 11) is 0. The van der Waals surface area contributed by atoms with E-state index >= 15 is 0 Å². The number of nitrogens with zero attached hydrogens (tertiary/aromatic N) is 6. The Labute approximate surface area is 288 Å². The number of guanidine groups is 1. The first-order valence-corrected chi connectivity index (χ1v) is 16.4. The molecule has 2 amide bonds. The summed E-state index contributed by atoms with van der Waals surface area (Å²) in [6, 6.07) is 17.0. The van der Waals surface area contributed by atoms with Crippen LogP contribution in [0.5, 0.6) is 0 Å². The fraction of sp³-hybridized carbons (Fsp3) is 0.361. The number of likely N-dealkylation sites (tertiary alicyclic amines) is 1. The van der Waals surface area contributed by atoms with E-state index in [-0.39, 0.29) is 11.4 Å². The van der Waals surface area contributed by atoms with Crippen molar-refractivity contribution >= 4 is 29.6 Å². The number of rotatable bonds is 9. The summed E-state index contributed by atoms with van der Waals surface area (Å²) >= 11 is 6.61. The van der Waals surface area contributed by atoms with Crippen molar-refractivity contribution in [3.63, 3.8) is 0 Å². The summed E-state index contributed by atoms with van der Waals surface area (Å²) in [6.45, 7) is 4.36. The predicted molar refractivity (Wildman–Crippen MR) is 183 cm³/mol. The van der Waals surface area contributed by atoms with Gasteiger partial charge in [-0.2, -0.15) is 5.10 Å². The number of aromatic nitrogens is 3. The normalized spacial score (nSPS) is 16.5. The Balaban J connectivity index is 1.37. The Morgan fingerprint density at radius 2 is 1.84 bits per heavy atom. The lowest BCUT2D eigenvalue weighted by molar-refractivity contribution is -0.120. The lowest BCUT2D eigenvalue weighted by atomic mass is 9.97. The molecule has 6 rings (SSSR count). The second-order valence-corrected chi connectivity index (χ2v) is 14.1. The highest BCUT2D eigenvalue weighted by Gasteiger charge is 2.47. The molecular weight excluding hydrogens is 652 g/mol. The van der Waals surface area contributed by atoms with Crippen molar-refractivity contribution in [3.05, 3.63) is 95.4 Å². The quantitative estimate of drug-likeness (QED) is 0.146. The van der Waals surface area contributed by atoms with Crippen LogP contribution in [-0.2, 0) is 4.74 Å². The first-order chi connectivity index (χ1) is 23.3. The van der Waals surface area contributed by atoms with Crippen LogP contribution in [0.25, 0.3) is 22.4 Å². The van der Waals surface area contributed by atoms with Gasteiger partial charge in [-0.25, -0.2) is 13.6 Å². The molecule has 49 heavy (non-hydrogen) atoms. The van der Waals surface area contributed by atoms with Crippen LogP contribution in [0.4, 0.5) is 13.6 Å². The van der Waals surface area contributed by atoms with Gasteiger partial charge >= 0.3 is 6.09 Å². The molecule has 0 unspecified atom stereocenters. The van der Waals surface area contributed by atoms with Gasteiger partial charge in [0.15, 0.2) is 5.96 Å². The van der Waals surface area contributed by atoms with Crippen LogP contribution in [0.15, 0.2) is 84.2 Å². The van der Waals surface area contributed by atoms with E-state index < -0.39 is 43.7 Å². The molecule has 0 spiro atoms. The van der Waals surface area contributed by atoms with Gasteiger partial charge in [-0.05, 0) is 65.8 Å². The highest BCUT2D eigenvalue weighted by atomic mass is 35.5. The number of amides is 2. The largest absolute Gasteiger partial charge is 0.447 e. The highest BCUT2D eigenvalue weighted by molar-refractivity contribution is 6.33. The lowest BCUT2D eigenvalue weighted by Gasteiger charge is -2.38. The van der Waals surface area contributed by atoms with Gasteiger partial charge in [0.2, 0.25) is 0 Å². The minimum Gasteiger partial charge on any atom is -0.447 e. The van der Waals surface area contributed by atoms with Crippen molar-refractivity contribution in [2.45, 2.75) is 51.6 Å². The molecule has 256 valence electrons. The molecule has 2 aliphatic rings. The number of carbonyl (C=O) groups excluding carboxylic acids is 2. The van der Waals surface area contributed by atoms with E-state index in [0.717, 1.165) is 28.9 Å². The summed E-state index contributed by atoms with van der Waals surface area (Å²) in [4.78, 5) is 38.6. The molecular formula is C36H38ClF2N7O3. The first-order valence-electron chi connectivity index (χ1n) is 16.1. The zero-order chi connectivity index (χ0) is 34.9. The third kappa shape index (κ3) is 8.07. The molecule has 1 aliphatic heterocycles. The van der Waals surface area contributed by atoms with Gasteiger partial charge in [0.1, 0.15) is 6.61 Å². The van der Waals surface area contributed by atoms with E-state index in [1.165, 1.54) is 4.90 Å². The number of hydrogen-bond acceptors (Lipinski definition) is 6. The van der Waals surface area contributed by atoms with E-state index in [1.54, 1.807) is 54.9 Å². The Hall–Kier alpha value is -4.84. The second kappa shape index (κ2) is 13.6. The SMILES string of the molecule is CC(C)(C)CN=C(N)N(C(=O)c1ccc(-c2cnn(C3CC3)c2)cc1)[C@H](COC(=O)N1CC(F)(F)C1)c1ccc(Cl)c(-c2ccccn2)c1. The topological polar surface area (TPSA) is 119 Å². The molecule has 4 aromatic rings. The lowest BCUT2D eigenvalue weighted by Crippen LogP contribution is -2.58. The van der Waals surface area contributed by atoms with Crippen molar-refractivity contribution in [1.82, 2.24) is 24.6 Å². The van der Waals surface area contributed by atoms with Crippen LogP contribution < -0.4 is 5.73 Å². The average molecular weight is 690 g/mol. The minimum absolute atomic E-state index is 0.0967. The number of hydrogen-bond donors (Lipinski definition) is 1. The molecule has 10 nitrogen and oxygen atoms in total. The second-order valence-electron chi connectivity index (χ2n) is 13.7. The number of halogens is 3. The molecule has 2 aromatic carbocycles. The number of alkyl halides is 2. The fourth-order valence-corrected chi connectivity index (χ4v) is 5.66. The van der Waals surface area contributed by atoms with Crippen LogP contribution in [0.1, 0.15) is 61.6 Å². The van der Waals surface area contributed by atoms with Crippen molar-refractivity contribution in [1.29, 1.82) is 0 Å². The molecule has 2 fully saturated rings. The van der Waals surface area contributed by atoms with Gasteiger partial charge in [0.05, 0.1) is 37.1 Å². The van der Waals surface area contributed by atoms with Crippen LogP contribution in [-0.4, -0.2) is 74.7 Å². The van der Waals surface area contributed by atoms with Gasteiger partial charge in [-0.3, -0.25) is 29.3 Å². The Morgan fingerprint density at radius 3 is 2.47 bits per heavy atom. The first kappa shape index (κ1) is 34.0. The van der Waals surface area contributed by atoms with E-state index in [2.05, 4.69) is 15.1 Å². The highest BCUT2D eigenvalue weighted by Crippen LogP contribution is 2.36. The number of benzene rings is 2. The van der Waals surface area contributed by atoms with E-state index in [9.17, 15) is 18.4 Å². The van der Waals surface area contributed by atoms with Crippen LogP contribution >= 0.6 is 11.6 Å². The van der Waals surface area contributed by atoms with Gasteiger partial charge in [0.25, 0.3) is 11.8 Å². The third-order valence-electron chi connectivity index (χ3n) is 8.26. The van der Waals surface area contributed by atoms with Gasteiger partial charge in [-0.15, -0.1) is 0 Å². The third-order valence-corrected chi connectivity index (χ3v) is 8.59. The average Bonchev–Trinajstić information content (AvgIpc) is 3.80. The number of nitrogens with two attached hydrogens (primary N) is 1.